The fourth-order valence-corrected chi connectivity index (χ4v) is 4.38. The third-order valence-electron chi connectivity index (χ3n) is 6.38. The second kappa shape index (κ2) is 8.80. The fraction of sp³-hybridized carbons (Fsp3) is 0.667. The van der Waals surface area contributed by atoms with Gasteiger partial charge in [-0.3, -0.25) is 4.79 Å². The molecular weight excluding hydrogens is 364 g/mol. The van der Waals surface area contributed by atoms with Crippen molar-refractivity contribution in [1.29, 1.82) is 0 Å². The van der Waals surface area contributed by atoms with Crippen LogP contribution in [0.2, 0.25) is 0 Å². The minimum atomic E-state index is 0. The predicted octanol–water partition coefficient (Wildman–Crippen LogP) is 3.55. The Kier molecular flexibility index (Phi) is 6.66. The standard InChI is InChI=1S/C21H30N2O3.ClH/c1-15-2-3-17(12-19(15)26-14-16-4-10-25-11-5-16)23-20(24)18-13-21(18)6-8-22-9-7-21;/h2-3,12,16,18,22H,4-11,13-14H2,1H3,(H,23,24);1H. The average Bonchev–Trinajstić information content (AvgIpc) is 3.36. The molecule has 1 unspecified atom stereocenters. The first-order valence-electron chi connectivity index (χ1n) is 9.99. The number of hydrogen-bond acceptors (Lipinski definition) is 4. The van der Waals surface area contributed by atoms with Crippen molar-refractivity contribution in [3.63, 3.8) is 0 Å². The van der Waals surface area contributed by atoms with Gasteiger partial charge >= 0.3 is 0 Å². The molecule has 0 aromatic heterocycles. The van der Waals surface area contributed by atoms with Crippen LogP contribution in [-0.4, -0.2) is 38.8 Å². The number of aryl methyl sites for hydroxylation is 1. The number of piperidine rings is 1. The lowest BCUT2D eigenvalue weighted by Crippen LogP contribution is -2.31. The monoisotopic (exact) mass is 394 g/mol. The summed E-state index contributed by atoms with van der Waals surface area (Å²) in [5, 5.41) is 6.51. The summed E-state index contributed by atoms with van der Waals surface area (Å²) in [5.74, 6) is 1.79. The maximum Gasteiger partial charge on any atom is 0.228 e. The summed E-state index contributed by atoms with van der Waals surface area (Å²) in [6.07, 6.45) is 5.42. The van der Waals surface area contributed by atoms with E-state index in [9.17, 15) is 4.79 Å². The number of amides is 1. The fourth-order valence-electron chi connectivity index (χ4n) is 4.38. The molecule has 1 atom stereocenters. The van der Waals surface area contributed by atoms with Crippen LogP contribution in [0.4, 0.5) is 5.69 Å². The van der Waals surface area contributed by atoms with E-state index in [1.807, 2.05) is 18.2 Å². The average molecular weight is 395 g/mol. The highest BCUT2D eigenvalue weighted by Gasteiger charge is 2.57. The van der Waals surface area contributed by atoms with Crippen LogP contribution >= 0.6 is 12.4 Å². The maximum atomic E-state index is 12.7. The molecule has 0 radical (unpaired) electrons. The highest BCUT2D eigenvalue weighted by Crippen LogP contribution is 2.58. The second-order valence-electron chi connectivity index (χ2n) is 8.21. The smallest absolute Gasteiger partial charge is 0.228 e. The first kappa shape index (κ1) is 20.4. The maximum absolute atomic E-state index is 12.7. The van der Waals surface area contributed by atoms with E-state index in [0.717, 1.165) is 82.0 Å². The third-order valence-corrected chi connectivity index (χ3v) is 6.38. The molecule has 6 heteroatoms. The minimum Gasteiger partial charge on any atom is -0.493 e. The van der Waals surface area contributed by atoms with Gasteiger partial charge in [0.2, 0.25) is 5.91 Å². The van der Waals surface area contributed by atoms with Gasteiger partial charge in [0.05, 0.1) is 6.61 Å². The van der Waals surface area contributed by atoms with Crippen molar-refractivity contribution in [2.24, 2.45) is 17.3 Å². The third kappa shape index (κ3) is 4.76. The van der Waals surface area contributed by atoms with Crippen LogP contribution in [-0.2, 0) is 9.53 Å². The van der Waals surface area contributed by atoms with Crippen molar-refractivity contribution in [2.75, 3.05) is 38.2 Å². The second-order valence-corrected chi connectivity index (χ2v) is 8.21. The summed E-state index contributed by atoms with van der Waals surface area (Å²) >= 11 is 0. The molecular formula is C21H31ClN2O3. The van der Waals surface area contributed by atoms with Gasteiger partial charge < -0.3 is 20.1 Å². The van der Waals surface area contributed by atoms with Gasteiger partial charge in [-0.25, -0.2) is 0 Å². The molecule has 0 bridgehead atoms. The van der Waals surface area contributed by atoms with Crippen molar-refractivity contribution in [3.8, 4) is 5.75 Å². The van der Waals surface area contributed by atoms with Crippen molar-refractivity contribution in [1.82, 2.24) is 5.32 Å². The number of carbonyl (C=O) groups excluding carboxylic acids is 1. The van der Waals surface area contributed by atoms with Gasteiger partial charge in [-0.2, -0.15) is 0 Å². The lowest BCUT2D eigenvalue weighted by molar-refractivity contribution is -0.118. The van der Waals surface area contributed by atoms with Gasteiger partial charge in [0.25, 0.3) is 0 Å². The number of nitrogens with one attached hydrogen (secondary N) is 2. The first-order chi connectivity index (χ1) is 12.7. The quantitative estimate of drug-likeness (QED) is 0.801. The van der Waals surface area contributed by atoms with Gasteiger partial charge in [0.15, 0.2) is 0 Å². The summed E-state index contributed by atoms with van der Waals surface area (Å²) < 4.78 is 11.5. The molecule has 2 N–H and O–H groups in total. The molecule has 1 saturated carbocycles. The van der Waals surface area contributed by atoms with Crippen molar-refractivity contribution >= 4 is 24.0 Å². The zero-order valence-electron chi connectivity index (χ0n) is 16.1. The van der Waals surface area contributed by atoms with Crippen LogP contribution in [0.15, 0.2) is 18.2 Å². The molecule has 2 heterocycles. The Morgan fingerprint density at radius 2 is 2.04 bits per heavy atom. The van der Waals surface area contributed by atoms with Gasteiger partial charge in [-0.05, 0) is 75.1 Å². The van der Waals surface area contributed by atoms with E-state index in [-0.39, 0.29) is 29.6 Å². The molecule has 3 aliphatic rings. The van der Waals surface area contributed by atoms with Crippen LogP contribution in [0.1, 0.15) is 37.7 Å². The normalized spacial score (nSPS) is 24.1. The summed E-state index contributed by atoms with van der Waals surface area (Å²) in [7, 11) is 0. The van der Waals surface area contributed by atoms with Crippen molar-refractivity contribution in [2.45, 2.75) is 39.0 Å². The van der Waals surface area contributed by atoms with Crippen LogP contribution in [0, 0.1) is 24.2 Å². The highest BCUT2D eigenvalue weighted by molar-refractivity contribution is 5.95. The number of benzene rings is 1. The number of anilines is 1. The van der Waals surface area contributed by atoms with E-state index >= 15 is 0 Å². The van der Waals surface area contributed by atoms with Crippen LogP contribution in [0.5, 0.6) is 5.75 Å². The van der Waals surface area contributed by atoms with Gasteiger partial charge in [0.1, 0.15) is 5.75 Å². The first-order valence-corrected chi connectivity index (χ1v) is 9.99. The summed E-state index contributed by atoms with van der Waals surface area (Å²) in [5.41, 5.74) is 2.22. The van der Waals surface area contributed by atoms with E-state index in [1.54, 1.807) is 0 Å². The predicted molar refractivity (Wildman–Crippen MR) is 109 cm³/mol. The number of rotatable bonds is 5. The number of hydrogen-bond donors (Lipinski definition) is 2. The lowest BCUT2D eigenvalue weighted by atomic mass is 9.92. The summed E-state index contributed by atoms with van der Waals surface area (Å²) in [4.78, 5) is 12.7. The van der Waals surface area contributed by atoms with E-state index in [2.05, 4.69) is 17.6 Å². The number of carbonyl (C=O) groups is 1. The van der Waals surface area contributed by atoms with E-state index in [4.69, 9.17) is 9.47 Å². The molecule has 150 valence electrons. The van der Waals surface area contributed by atoms with Gasteiger partial charge in [-0.1, -0.05) is 6.07 Å². The molecule has 1 aromatic carbocycles. The van der Waals surface area contributed by atoms with E-state index < -0.39 is 0 Å². The molecule has 2 aliphatic heterocycles. The molecule has 1 spiro atoms. The lowest BCUT2D eigenvalue weighted by Gasteiger charge is -2.23. The Morgan fingerprint density at radius 3 is 2.78 bits per heavy atom. The molecule has 1 aliphatic carbocycles. The van der Waals surface area contributed by atoms with Gasteiger partial charge in [-0.15, -0.1) is 12.4 Å². The Labute approximate surface area is 168 Å². The van der Waals surface area contributed by atoms with Crippen LogP contribution < -0.4 is 15.4 Å². The molecule has 5 nitrogen and oxygen atoms in total. The largest absolute Gasteiger partial charge is 0.493 e. The SMILES string of the molecule is Cc1ccc(NC(=O)C2CC23CCNCC3)cc1OCC1CCOCC1.Cl. The van der Waals surface area contributed by atoms with Crippen molar-refractivity contribution < 1.29 is 14.3 Å². The topological polar surface area (TPSA) is 59.6 Å². The van der Waals surface area contributed by atoms with Crippen molar-refractivity contribution in [3.05, 3.63) is 23.8 Å². The van der Waals surface area contributed by atoms with Gasteiger partial charge in [0, 0.05) is 30.9 Å². The van der Waals surface area contributed by atoms with Crippen LogP contribution in [0.25, 0.3) is 0 Å². The number of ether oxygens (including phenoxy) is 2. The molecule has 1 aromatic rings. The summed E-state index contributed by atoms with van der Waals surface area (Å²) in [6.45, 7) is 6.52. The zero-order chi connectivity index (χ0) is 18.0. The molecule has 1 amide bonds. The Hall–Kier alpha value is -1.30. The number of halogens is 1. The Balaban J connectivity index is 0.00000210. The van der Waals surface area contributed by atoms with E-state index in [1.165, 1.54) is 0 Å². The summed E-state index contributed by atoms with van der Waals surface area (Å²) in [6, 6.07) is 5.98. The zero-order valence-corrected chi connectivity index (χ0v) is 16.9. The van der Waals surface area contributed by atoms with Crippen LogP contribution in [0.3, 0.4) is 0 Å². The van der Waals surface area contributed by atoms with E-state index in [0.29, 0.717) is 5.92 Å². The minimum absolute atomic E-state index is 0. The Bertz CT molecular complexity index is 655. The molecule has 27 heavy (non-hydrogen) atoms. The molecule has 3 fully saturated rings. The Morgan fingerprint density at radius 1 is 1.30 bits per heavy atom. The highest BCUT2D eigenvalue weighted by atomic mass is 35.5. The molecule has 2 saturated heterocycles. The molecule has 4 rings (SSSR count).